The number of benzene rings is 1. The molecule has 0 unspecified atom stereocenters. The molecule has 2 aromatic heterocycles. The molecule has 1 saturated carbocycles. The number of hydrogen-bond acceptors (Lipinski definition) is 5. The van der Waals surface area contributed by atoms with Gasteiger partial charge in [0.2, 0.25) is 0 Å². The molecule has 2 heterocycles. The lowest BCUT2D eigenvalue weighted by molar-refractivity contribution is -0.00603. The first-order valence-electron chi connectivity index (χ1n) is 8.90. The molecular weight excluding hydrogens is 369 g/mol. The van der Waals surface area contributed by atoms with Gasteiger partial charge in [-0.3, -0.25) is 4.94 Å². The topological polar surface area (TPSA) is 67.3 Å². The zero-order valence-corrected chi connectivity index (χ0v) is 15.5. The van der Waals surface area contributed by atoms with Gasteiger partial charge in [-0.1, -0.05) is 30.9 Å². The minimum atomic E-state index is 0.0359. The summed E-state index contributed by atoms with van der Waals surface area (Å²) in [4.78, 5) is 12.0. The van der Waals surface area contributed by atoms with Gasteiger partial charge in [-0.05, 0) is 54.6 Å². The van der Waals surface area contributed by atoms with Gasteiger partial charge in [0.25, 0.3) is 0 Å². The minimum absolute atomic E-state index is 0.0359. The molecular formula is C20H21ClFN3O2. The fourth-order valence-corrected chi connectivity index (χ4v) is 3.08. The highest BCUT2D eigenvalue weighted by molar-refractivity contribution is 6.29. The summed E-state index contributed by atoms with van der Waals surface area (Å²) in [5.41, 5.74) is 0.764. The van der Waals surface area contributed by atoms with E-state index in [9.17, 15) is 4.53 Å². The molecule has 4 rings (SSSR count). The molecule has 0 spiro atoms. The zero-order chi connectivity index (χ0) is 19.1. The van der Waals surface area contributed by atoms with Gasteiger partial charge in [-0.15, -0.1) is 0 Å². The van der Waals surface area contributed by atoms with Crippen LogP contribution in [0.1, 0.15) is 32.1 Å². The average Bonchev–Trinajstić information content (AvgIpc) is 2.70. The number of fused-ring (bicyclic) bond motifs is 1. The SMILES string of the molecule is FOc1ccc2c(Nc3ccc(Cl)nc3)nccc2c1.OC1CCCCC1. The fraction of sp³-hybridized carbons (Fsp3) is 0.300. The summed E-state index contributed by atoms with van der Waals surface area (Å²) in [5, 5.41) is 14.1. The van der Waals surface area contributed by atoms with E-state index in [4.69, 9.17) is 16.7 Å². The molecule has 3 aromatic rings. The Balaban J connectivity index is 0.000000253. The Hall–Kier alpha value is -2.44. The lowest BCUT2D eigenvalue weighted by atomic mass is 9.98. The minimum Gasteiger partial charge on any atom is -0.393 e. The first-order chi connectivity index (χ1) is 13.2. The van der Waals surface area contributed by atoms with Crippen molar-refractivity contribution in [3.05, 3.63) is 53.9 Å². The third-order valence-corrected chi connectivity index (χ3v) is 4.61. The number of aliphatic hydroxyl groups excluding tert-OH is 1. The van der Waals surface area contributed by atoms with Crippen molar-refractivity contribution >= 4 is 33.9 Å². The Kier molecular flexibility index (Phi) is 6.79. The number of rotatable bonds is 3. The maximum atomic E-state index is 12.2. The summed E-state index contributed by atoms with van der Waals surface area (Å²) in [6.07, 6.45) is 9.17. The fourth-order valence-electron chi connectivity index (χ4n) is 2.97. The van der Waals surface area contributed by atoms with Crippen LogP contribution in [0.5, 0.6) is 5.75 Å². The van der Waals surface area contributed by atoms with E-state index in [1.807, 2.05) is 0 Å². The highest BCUT2D eigenvalue weighted by Gasteiger charge is 2.08. The normalized spacial score (nSPS) is 14.3. The summed E-state index contributed by atoms with van der Waals surface area (Å²) >= 11 is 5.74. The first-order valence-corrected chi connectivity index (χ1v) is 9.27. The van der Waals surface area contributed by atoms with Crippen LogP contribution in [0, 0.1) is 0 Å². The van der Waals surface area contributed by atoms with E-state index in [1.54, 1.807) is 42.7 Å². The van der Waals surface area contributed by atoms with Gasteiger partial charge in [0.05, 0.1) is 18.0 Å². The monoisotopic (exact) mass is 389 g/mol. The summed E-state index contributed by atoms with van der Waals surface area (Å²) in [6, 6.07) is 10.1. The van der Waals surface area contributed by atoms with E-state index in [0.29, 0.717) is 11.0 Å². The van der Waals surface area contributed by atoms with E-state index in [0.717, 1.165) is 29.3 Å². The lowest BCUT2D eigenvalue weighted by Gasteiger charge is -2.14. The number of nitrogens with one attached hydrogen (secondary N) is 1. The largest absolute Gasteiger partial charge is 0.393 e. The third-order valence-electron chi connectivity index (χ3n) is 4.39. The van der Waals surface area contributed by atoms with Gasteiger partial charge in [0.15, 0.2) is 5.75 Å². The van der Waals surface area contributed by atoms with Gasteiger partial charge in [-0.2, -0.15) is 0 Å². The number of halogens is 2. The van der Waals surface area contributed by atoms with Crippen molar-refractivity contribution in [3.8, 4) is 5.75 Å². The van der Waals surface area contributed by atoms with Crippen molar-refractivity contribution in [2.24, 2.45) is 0 Å². The number of aromatic nitrogens is 2. The molecule has 1 aromatic carbocycles. The van der Waals surface area contributed by atoms with E-state index in [2.05, 4.69) is 20.2 Å². The molecule has 0 bridgehead atoms. The third kappa shape index (κ3) is 5.52. The first kappa shape index (κ1) is 19.3. The number of anilines is 2. The van der Waals surface area contributed by atoms with Crippen molar-refractivity contribution in [2.45, 2.75) is 38.2 Å². The number of pyridine rings is 2. The van der Waals surface area contributed by atoms with Crippen LogP contribution in [0.15, 0.2) is 48.8 Å². The van der Waals surface area contributed by atoms with Crippen molar-refractivity contribution in [3.63, 3.8) is 0 Å². The van der Waals surface area contributed by atoms with Gasteiger partial charge in [-0.25, -0.2) is 9.97 Å². The van der Waals surface area contributed by atoms with Crippen molar-refractivity contribution in [1.29, 1.82) is 0 Å². The standard InChI is InChI=1S/C14H9ClFN3O.C6H12O/c15-13-4-1-10(8-18-13)19-14-12-3-2-11(20-16)7-9(12)5-6-17-14;7-6-4-2-1-3-5-6/h1-8H,(H,17,19);6-7H,1-5H2. The highest BCUT2D eigenvalue weighted by atomic mass is 35.5. The molecule has 1 fully saturated rings. The van der Waals surface area contributed by atoms with Crippen molar-refractivity contribution in [1.82, 2.24) is 9.97 Å². The second-order valence-electron chi connectivity index (χ2n) is 6.41. The Morgan fingerprint density at radius 1 is 1.07 bits per heavy atom. The van der Waals surface area contributed by atoms with Crippen molar-refractivity contribution in [2.75, 3.05) is 5.32 Å². The summed E-state index contributed by atoms with van der Waals surface area (Å²) in [5.74, 6) is 0.805. The molecule has 0 radical (unpaired) electrons. The van der Waals surface area contributed by atoms with Crippen LogP contribution >= 0.6 is 11.6 Å². The molecule has 2 N–H and O–H groups in total. The van der Waals surface area contributed by atoms with Crippen LogP contribution < -0.4 is 10.3 Å². The smallest absolute Gasteiger partial charge is 0.172 e. The molecule has 27 heavy (non-hydrogen) atoms. The van der Waals surface area contributed by atoms with Gasteiger partial charge < -0.3 is 10.4 Å². The molecule has 0 saturated heterocycles. The predicted molar refractivity (Wildman–Crippen MR) is 105 cm³/mol. The predicted octanol–water partition coefficient (Wildman–Crippen LogP) is 5.60. The number of aliphatic hydroxyl groups is 1. The summed E-state index contributed by atoms with van der Waals surface area (Å²) in [6.45, 7) is 0. The van der Waals surface area contributed by atoms with Gasteiger partial charge in [0.1, 0.15) is 11.0 Å². The second kappa shape index (κ2) is 9.48. The number of nitrogens with zero attached hydrogens (tertiary/aromatic N) is 2. The Bertz CT molecular complexity index is 871. The quantitative estimate of drug-likeness (QED) is 0.570. The maximum Gasteiger partial charge on any atom is 0.172 e. The molecule has 7 heteroatoms. The molecule has 0 atom stereocenters. The second-order valence-corrected chi connectivity index (χ2v) is 6.79. The van der Waals surface area contributed by atoms with Crippen LogP contribution in [-0.2, 0) is 0 Å². The molecule has 0 aliphatic heterocycles. The summed E-state index contributed by atoms with van der Waals surface area (Å²) < 4.78 is 12.2. The Labute approximate surface area is 162 Å². The maximum absolute atomic E-state index is 12.2. The van der Waals surface area contributed by atoms with Gasteiger partial charge >= 0.3 is 0 Å². The summed E-state index contributed by atoms with van der Waals surface area (Å²) in [7, 11) is 0. The molecule has 1 aliphatic rings. The van der Waals surface area contributed by atoms with E-state index in [-0.39, 0.29) is 11.9 Å². The van der Waals surface area contributed by atoms with Crippen LogP contribution in [-0.4, -0.2) is 21.2 Å². The highest BCUT2D eigenvalue weighted by Crippen LogP contribution is 2.27. The zero-order valence-electron chi connectivity index (χ0n) is 14.7. The van der Waals surface area contributed by atoms with Crippen LogP contribution in [0.25, 0.3) is 10.8 Å². The van der Waals surface area contributed by atoms with Gasteiger partial charge in [0, 0.05) is 16.1 Å². The molecule has 142 valence electrons. The molecule has 5 nitrogen and oxygen atoms in total. The Morgan fingerprint density at radius 3 is 2.52 bits per heavy atom. The lowest BCUT2D eigenvalue weighted by Crippen LogP contribution is -2.09. The van der Waals surface area contributed by atoms with Crippen LogP contribution in [0.3, 0.4) is 0 Å². The Morgan fingerprint density at radius 2 is 1.89 bits per heavy atom. The van der Waals surface area contributed by atoms with Crippen LogP contribution in [0.2, 0.25) is 5.15 Å². The van der Waals surface area contributed by atoms with E-state index in [1.165, 1.54) is 25.3 Å². The van der Waals surface area contributed by atoms with Crippen LogP contribution in [0.4, 0.5) is 16.0 Å². The number of hydrogen-bond donors (Lipinski definition) is 2. The van der Waals surface area contributed by atoms with E-state index >= 15 is 0 Å². The van der Waals surface area contributed by atoms with E-state index < -0.39 is 0 Å². The average molecular weight is 390 g/mol. The molecule has 0 amide bonds. The van der Waals surface area contributed by atoms with Crippen molar-refractivity contribution < 1.29 is 14.6 Å². The molecule has 1 aliphatic carbocycles.